The summed E-state index contributed by atoms with van der Waals surface area (Å²) in [6, 6.07) is 9.41. The van der Waals surface area contributed by atoms with E-state index in [0.717, 1.165) is 11.8 Å². The molecule has 20 heavy (non-hydrogen) atoms. The Morgan fingerprint density at radius 2 is 1.70 bits per heavy atom. The number of aromatic nitrogens is 1. The summed E-state index contributed by atoms with van der Waals surface area (Å²) in [5.74, 6) is -1.02. The number of pyridine rings is 1. The highest BCUT2D eigenvalue weighted by Gasteiger charge is 2.11. The van der Waals surface area contributed by atoms with Crippen molar-refractivity contribution in [3.63, 3.8) is 0 Å². The first-order valence-electron chi connectivity index (χ1n) is 5.80. The third-order valence-corrected chi connectivity index (χ3v) is 4.02. The first-order chi connectivity index (χ1) is 9.29. The van der Waals surface area contributed by atoms with Crippen molar-refractivity contribution >= 4 is 15.8 Å². The molecule has 0 spiro atoms. The van der Waals surface area contributed by atoms with E-state index in [1.54, 1.807) is 25.1 Å². The van der Waals surface area contributed by atoms with Gasteiger partial charge in [-0.15, -0.1) is 0 Å². The highest BCUT2D eigenvalue weighted by atomic mass is 32.2. The molecular formula is C14H13NO4S. The van der Waals surface area contributed by atoms with Gasteiger partial charge in [-0.3, -0.25) is 4.98 Å². The lowest BCUT2D eigenvalue weighted by Crippen LogP contribution is -2.02. The number of carboxylic acids is 1. The Morgan fingerprint density at radius 1 is 1.10 bits per heavy atom. The van der Waals surface area contributed by atoms with Crippen LogP contribution < -0.4 is 0 Å². The topological polar surface area (TPSA) is 84.3 Å². The van der Waals surface area contributed by atoms with Crippen molar-refractivity contribution < 1.29 is 18.3 Å². The fourth-order valence-electron chi connectivity index (χ4n) is 1.82. The van der Waals surface area contributed by atoms with Gasteiger partial charge in [0.2, 0.25) is 0 Å². The zero-order valence-electron chi connectivity index (χ0n) is 11.0. The molecule has 0 unspecified atom stereocenters. The van der Waals surface area contributed by atoms with E-state index < -0.39 is 15.8 Å². The molecule has 0 saturated carbocycles. The van der Waals surface area contributed by atoms with Gasteiger partial charge in [0.15, 0.2) is 9.84 Å². The molecule has 0 bridgehead atoms. The molecule has 1 aromatic heterocycles. The summed E-state index contributed by atoms with van der Waals surface area (Å²) in [6.07, 6.45) is 1.14. The van der Waals surface area contributed by atoms with Crippen LogP contribution in [0, 0.1) is 6.92 Å². The maximum absolute atomic E-state index is 11.4. The van der Waals surface area contributed by atoms with Gasteiger partial charge in [-0.2, -0.15) is 0 Å². The summed E-state index contributed by atoms with van der Waals surface area (Å²) in [5.41, 5.74) is 1.91. The van der Waals surface area contributed by atoms with Crippen LogP contribution >= 0.6 is 0 Å². The van der Waals surface area contributed by atoms with Gasteiger partial charge in [-0.25, -0.2) is 13.2 Å². The van der Waals surface area contributed by atoms with Crippen LogP contribution in [-0.2, 0) is 9.84 Å². The predicted molar refractivity (Wildman–Crippen MR) is 74.5 cm³/mol. The second-order valence-corrected chi connectivity index (χ2v) is 6.45. The zero-order valence-corrected chi connectivity index (χ0v) is 11.8. The average Bonchev–Trinajstić information content (AvgIpc) is 2.37. The number of nitrogens with zero attached hydrogens (tertiary/aromatic N) is 1. The van der Waals surface area contributed by atoms with Crippen molar-refractivity contribution in [3.8, 4) is 11.3 Å². The van der Waals surface area contributed by atoms with Crippen LogP contribution in [0.25, 0.3) is 11.3 Å². The Morgan fingerprint density at radius 3 is 2.15 bits per heavy atom. The van der Waals surface area contributed by atoms with Gasteiger partial charge in [-0.05, 0) is 31.2 Å². The molecular weight excluding hydrogens is 278 g/mol. The standard InChI is InChI=1S/C14H13NO4S/c1-9-12(14(16)17)7-8-13(15-9)10-3-5-11(6-4-10)20(2,18)19/h3-8H,1-2H3,(H,16,17). The summed E-state index contributed by atoms with van der Waals surface area (Å²) in [7, 11) is -3.23. The normalized spacial score (nSPS) is 11.3. The second-order valence-electron chi connectivity index (χ2n) is 4.43. The minimum absolute atomic E-state index is 0.154. The Hall–Kier alpha value is -2.21. The molecule has 0 atom stereocenters. The van der Waals surface area contributed by atoms with Crippen molar-refractivity contribution in [2.24, 2.45) is 0 Å². The highest BCUT2D eigenvalue weighted by Crippen LogP contribution is 2.21. The van der Waals surface area contributed by atoms with Crippen molar-refractivity contribution in [2.45, 2.75) is 11.8 Å². The number of hydrogen-bond donors (Lipinski definition) is 1. The molecule has 1 aromatic carbocycles. The predicted octanol–water partition coefficient (Wildman–Crippen LogP) is 2.16. The largest absolute Gasteiger partial charge is 0.478 e. The molecule has 2 rings (SSSR count). The zero-order chi connectivity index (χ0) is 14.9. The quantitative estimate of drug-likeness (QED) is 0.936. The second kappa shape index (κ2) is 5.05. The monoisotopic (exact) mass is 291 g/mol. The average molecular weight is 291 g/mol. The SMILES string of the molecule is Cc1nc(-c2ccc(S(C)(=O)=O)cc2)ccc1C(=O)O. The number of aromatic carboxylic acids is 1. The third kappa shape index (κ3) is 2.85. The van der Waals surface area contributed by atoms with Crippen LogP contribution in [-0.4, -0.2) is 30.7 Å². The molecule has 0 aliphatic carbocycles. The molecule has 0 amide bonds. The lowest BCUT2D eigenvalue weighted by Gasteiger charge is -2.05. The molecule has 0 saturated heterocycles. The first kappa shape index (κ1) is 14.2. The van der Waals surface area contributed by atoms with E-state index in [2.05, 4.69) is 4.98 Å². The maximum Gasteiger partial charge on any atom is 0.337 e. The smallest absolute Gasteiger partial charge is 0.337 e. The Kier molecular flexibility index (Phi) is 3.59. The number of carbonyl (C=O) groups is 1. The van der Waals surface area contributed by atoms with E-state index in [0.29, 0.717) is 11.4 Å². The number of benzene rings is 1. The van der Waals surface area contributed by atoms with E-state index in [1.807, 2.05) is 0 Å². The minimum Gasteiger partial charge on any atom is -0.478 e. The summed E-state index contributed by atoms with van der Waals surface area (Å²) < 4.78 is 22.7. The fraction of sp³-hybridized carbons (Fsp3) is 0.143. The van der Waals surface area contributed by atoms with Gasteiger partial charge in [0.1, 0.15) is 0 Å². The summed E-state index contributed by atoms with van der Waals surface area (Å²) in [4.78, 5) is 15.4. The van der Waals surface area contributed by atoms with Crippen LogP contribution in [0.5, 0.6) is 0 Å². The van der Waals surface area contributed by atoms with Gasteiger partial charge in [0, 0.05) is 11.8 Å². The van der Waals surface area contributed by atoms with Crippen LogP contribution in [0.4, 0.5) is 0 Å². The molecule has 6 heteroatoms. The number of hydrogen-bond acceptors (Lipinski definition) is 4. The van der Waals surface area contributed by atoms with Crippen LogP contribution in [0.1, 0.15) is 16.1 Å². The number of sulfone groups is 1. The maximum atomic E-state index is 11.4. The van der Waals surface area contributed by atoms with Crippen molar-refractivity contribution in [1.29, 1.82) is 0 Å². The molecule has 104 valence electrons. The van der Waals surface area contributed by atoms with Crippen LogP contribution in [0.2, 0.25) is 0 Å². The van der Waals surface area contributed by atoms with Crippen LogP contribution in [0.3, 0.4) is 0 Å². The molecule has 0 aliphatic rings. The van der Waals surface area contributed by atoms with Gasteiger partial charge in [0.05, 0.1) is 21.8 Å². The molecule has 0 aliphatic heterocycles. The Balaban J connectivity index is 2.42. The third-order valence-electron chi connectivity index (χ3n) is 2.89. The minimum atomic E-state index is -3.23. The molecule has 1 heterocycles. The summed E-state index contributed by atoms with van der Waals surface area (Å²) >= 11 is 0. The van der Waals surface area contributed by atoms with E-state index >= 15 is 0 Å². The first-order valence-corrected chi connectivity index (χ1v) is 7.69. The van der Waals surface area contributed by atoms with Gasteiger partial charge in [0.25, 0.3) is 0 Å². The van der Waals surface area contributed by atoms with E-state index in [4.69, 9.17) is 5.11 Å². The van der Waals surface area contributed by atoms with E-state index in [9.17, 15) is 13.2 Å². The number of rotatable bonds is 3. The lowest BCUT2D eigenvalue weighted by molar-refractivity contribution is 0.0695. The van der Waals surface area contributed by atoms with E-state index in [1.165, 1.54) is 18.2 Å². The molecule has 0 radical (unpaired) electrons. The molecule has 5 nitrogen and oxygen atoms in total. The van der Waals surface area contributed by atoms with Crippen LogP contribution in [0.15, 0.2) is 41.3 Å². The Bertz CT molecular complexity index is 764. The van der Waals surface area contributed by atoms with Gasteiger partial charge in [-0.1, -0.05) is 12.1 Å². The molecule has 2 aromatic rings. The molecule has 0 fully saturated rings. The van der Waals surface area contributed by atoms with Crippen molar-refractivity contribution in [2.75, 3.05) is 6.26 Å². The summed E-state index contributed by atoms with van der Waals surface area (Å²) in [5, 5.41) is 8.95. The molecule has 1 N–H and O–H groups in total. The van der Waals surface area contributed by atoms with Gasteiger partial charge < -0.3 is 5.11 Å². The lowest BCUT2D eigenvalue weighted by atomic mass is 10.1. The number of aryl methyl sites for hydroxylation is 1. The van der Waals surface area contributed by atoms with Crippen molar-refractivity contribution in [1.82, 2.24) is 4.98 Å². The number of carboxylic acid groups (broad SMARTS) is 1. The van der Waals surface area contributed by atoms with Gasteiger partial charge >= 0.3 is 5.97 Å². The Labute approximate surface area is 116 Å². The summed E-state index contributed by atoms with van der Waals surface area (Å²) in [6.45, 7) is 1.62. The fourth-order valence-corrected chi connectivity index (χ4v) is 2.45. The van der Waals surface area contributed by atoms with E-state index in [-0.39, 0.29) is 10.5 Å². The van der Waals surface area contributed by atoms with Crippen molar-refractivity contribution in [3.05, 3.63) is 47.7 Å². The highest BCUT2D eigenvalue weighted by molar-refractivity contribution is 7.90.